The van der Waals surface area contributed by atoms with E-state index in [1.54, 1.807) is 6.20 Å². The Kier molecular flexibility index (Phi) is 11.0. The van der Waals surface area contributed by atoms with Crippen LogP contribution in [0.4, 0.5) is 0 Å². The van der Waals surface area contributed by atoms with Gasteiger partial charge in [0, 0.05) is 72.4 Å². The summed E-state index contributed by atoms with van der Waals surface area (Å²) in [5, 5.41) is 12.0. The van der Waals surface area contributed by atoms with Crippen molar-refractivity contribution in [3.8, 4) is 22.8 Å². The molecule has 10 nitrogen and oxygen atoms in total. The lowest BCUT2D eigenvalue weighted by atomic mass is 10.0. The summed E-state index contributed by atoms with van der Waals surface area (Å²) in [5.41, 5.74) is 18.5. The van der Waals surface area contributed by atoms with E-state index >= 15 is 0 Å². The zero-order valence-corrected chi connectivity index (χ0v) is 47.3. The van der Waals surface area contributed by atoms with Crippen LogP contribution in [-0.4, -0.2) is 38.5 Å². The van der Waals surface area contributed by atoms with Crippen LogP contribution in [0.1, 0.15) is 0 Å². The second-order valence-electron chi connectivity index (χ2n) is 20.9. The molecule has 19 rings (SSSR count). The number of halogens is 2. The summed E-state index contributed by atoms with van der Waals surface area (Å²) >= 11 is 7.72. The van der Waals surface area contributed by atoms with E-state index in [-0.39, 0.29) is 0 Å². The van der Waals surface area contributed by atoms with Gasteiger partial charge >= 0.3 is 0 Å². The van der Waals surface area contributed by atoms with Crippen LogP contribution in [-0.2, 0) is 0 Å². The van der Waals surface area contributed by atoms with Gasteiger partial charge in [-0.2, -0.15) is 0 Å². The van der Waals surface area contributed by atoms with E-state index in [1.807, 2.05) is 72.9 Å². The number of hydrogen-bond acceptors (Lipinski definition) is 6. The maximum Gasteiger partial charge on any atom is 0.146 e. The first kappa shape index (κ1) is 48.4. The fourth-order valence-corrected chi connectivity index (χ4v) is 13.0. The molecule has 19 aromatic rings. The molecule has 396 valence electrons. The Morgan fingerprint density at radius 2 is 0.976 bits per heavy atom. The molecule has 0 radical (unpaired) electrons. The second-order valence-corrected chi connectivity index (χ2v) is 22.4. The van der Waals surface area contributed by atoms with E-state index < -0.39 is 0 Å². The van der Waals surface area contributed by atoms with Crippen molar-refractivity contribution in [3.05, 3.63) is 258 Å². The van der Waals surface area contributed by atoms with Crippen LogP contribution in [0, 0.1) is 3.57 Å². The topological polar surface area (TPSA) is 108 Å². The summed E-state index contributed by atoms with van der Waals surface area (Å²) in [5.74, 6) is 0.872. The number of pyridine rings is 3. The molecule has 0 fully saturated rings. The van der Waals surface area contributed by atoms with Gasteiger partial charge in [0.05, 0.1) is 69.5 Å². The molecule has 12 heteroatoms. The van der Waals surface area contributed by atoms with E-state index in [0.717, 1.165) is 142 Å². The van der Waals surface area contributed by atoms with Crippen molar-refractivity contribution in [2.24, 2.45) is 0 Å². The molecular formula is C72H42ClIN8O2. The van der Waals surface area contributed by atoms with Crippen molar-refractivity contribution in [3.63, 3.8) is 0 Å². The van der Waals surface area contributed by atoms with Crippen molar-refractivity contribution < 1.29 is 8.83 Å². The van der Waals surface area contributed by atoms with Crippen LogP contribution in [0.3, 0.4) is 0 Å². The third-order valence-electron chi connectivity index (χ3n) is 16.2. The molecule has 0 aliphatic rings. The van der Waals surface area contributed by atoms with Gasteiger partial charge in [-0.3, -0.25) is 9.38 Å². The van der Waals surface area contributed by atoms with Gasteiger partial charge in [0.25, 0.3) is 0 Å². The first-order chi connectivity index (χ1) is 41.5. The van der Waals surface area contributed by atoms with Gasteiger partial charge in [-0.15, -0.1) is 0 Å². The van der Waals surface area contributed by atoms with Crippen molar-refractivity contribution in [1.82, 2.24) is 38.5 Å². The smallest absolute Gasteiger partial charge is 0.146 e. The quantitative estimate of drug-likeness (QED) is 0.107. The number of fused-ring (bicyclic) bond motifs is 23. The molecule has 9 aromatic heterocycles. The Balaban J connectivity index is 0.000000118. The second kappa shape index (κ2) is 19.1. The molecule has 0 atom stereocenters. The fraction of sp³-hybridized carbons (Fsp3) is 0. The molecule has 9 heterocycles. The monoisotopic (exact) mass is 1210 g/mol. The average molecular weight is 1210 g/mol. The summed E-state index contributed by atoms with van der Waals surface area (Å²) in [6.07, 6.45) is 3.55. The Bertz CT molecular complexity index is 5800. The number of benzene rings is 10. The van der Waals surface area contributed by atoms with Gasteiger partial charge in [0.15, 0.2) is 0 Å². The van der Waals surface area contributed by atoms with E-state index in [9.17, 15) is 0 Å². The highest BCUT2D eigenvalue weighted by Crippen LogP contribution is 2.45. The number of rotatable bonds is 3. The summed E-state index contributed by atoms with van der Waals surface area (Å²) in [6, 6.07) is 81.9. The average Bonchev–Trinajstić information content (AvgIpc) is 2.19. The molecule has 0 saturated carbocycles. The van der Waals surface area contributed by atoms with Crippen molar-refractivity contribution in [2.45, 2.75) is 0 Å². The number of nitrogens with zero attached hydrogens (tertiary/aromatic N) is 7. The highest BCUT2D eigenvalue weighted by molar-refractivity contribution is 14.1. The molecule has 0 unspecified atom stereocenters. The number of aromatic amines is 1. The van der Waals surface area contributed by atoms with Crippen LogP contribution in [0.2, 0.25) is 5.15 Å². The first-order valence-corrected chi connectivity index (χ1v) is 29.0. The lowest BCUT2D eigenvalue weighted by Crippen LogP contribution is -1.96. The summed E-state index contributed by atoms with van der Waals surface area (Å²) in [6.45, 7) is 0. The minimum atomic E-state index is 0.577. The molecule has 0 saturated heterocycles. The number of aromatic nitrogens is 8. The number of para-hydroxylation sites is 8. The molecule has 84 heavy (non-hydrogen) atoms. The zero-order valence-electron chi connectivity index (χ0n) is 44.4. The predicted octanol–water partition coefficient (Wildman–Crippen LogP) is 19.8. The van der Waals surface area contributed by atoms with E-state index in [4.69, 9.17) is 35.4 Å². The molecule has 0 aliphatic heterocycles. The minimum absolute atomic E-state index is 0.577. The van der Waals surface area contributed by atoms with Gasteiger partial charge in [-0.1, -0.05) is 121 Å². The highest BCUT2D eigenvalue weighted by Gasteiger charge is 2.24. The van der Waals surface area contributed by atoms with Crippen LogP contribution >= 0.6 is 34.2 Å². The maximum absolute atomic E-state index is 6.34. The van der Waals surface area contributed by atoms with Crippen molar-refractivity contribution in [1.29, 1.82) is 0 Å². The summed E-state index contributed by atoms with van der Waals surface area (Å²) in [4.78, 5) is 22.2. The van der Waals surface area contributed by atoms with Gasteiger partial charge in [-0.25, -0.2) is 15.0 Å². The van der Waals surface area contributed by atoms with Gasteiger partial charge < -0.3 is 23.0 Å². The number of nitrogens with one attached hydrogen (secondary N) is 1. The molecule has 0 bridgehead atoms. The molecule has 1 N–H and O–H groups in total. The van der Waals surface area contributed by atoms with Crippen LogP contribution in [0.15, 0.2) is 258 Å². The maximum atomic E-state index is 6.34. The Labute approximate surface area is 495 Å². The number of imidazole rings is 2. The Morgan fingerprint density at radius 1 is 0.405 bits per heavy atom. The van der Waals surface area contributed by atoms with Crippen LogP contribution < -0.4 is 0 Å². The third-order valence-corrected chi connectivity index (χ3v) is 17.7. The predicted molar refractivity (Wildman–Crippen MR) is 352 cm³/mol. The fourth-order valence-electron chi connectivity index (χ4n) is 12.6. The van der Waals surface area contributed by atoms with Gasteiger partial charge in [0.2, 0.25) is 0 Å². The third kappa shape index (κ3) is 7.48. The Morgan fingerprint density at radius 3 is 1.64 bits per heavy atom. The molecule has 0 amide bonds. The zero-order chi connectivity index (χ0) is 55.6. The molecular weight excluding hydrogens is 1170 g/mol. The standard InChI is InChI=1S/C36H20N4O.C31H19N3O.C5H3ClIN/c1-2-9-21(10-3-1)39-30-20-26-25(34-29(14-8-18-37-34)40-28-13-6-5-12-27(28)38-36(26)40)19-24(30)22-16-17-32-33(35(22)39)23-11-4-7-15-31(23)41-32;1-2-8-20(9-3-1)34-26-18-19(31-32-24-11-5-6-12-25(24)33-31)14-15-21(26)22-16-17-28-29(30(22)34)23-10-4-7-13-27(23)35-28;6-5-4(7)2-1-3-8-5/h1-20H;1-18H,(H,32,33);1-3H. The lowest BCUT2D eigenvalue weighted by molar-refractivity contribution is 0.669. The minimum Gasteiger partial charge on any atom is -0.456 e. The SMILES string of the molecule is Clc1ncccc1I.c1ccc(-n2c3cc(-c4nc5ccccc5[nH]4)ccc3c3ccc4oc5ccccc5c4c32)cc1.c1ccc(-n2c3cc4c(cc3c3ccc5oc6ccccc6c5c32)c2ncccc2n2c3ccccc3nc42)cc1. The van der Waals surface area contributed by atoms with E-state index in [1.165, 1.54) is 21.5 Å². The summed E-state index contributed by atoms with van der Waals surface area (Å²) < 4.78 is 20.6. The van der Waals surface area contributed by atoms with Crippen LogP contribution in [0.25, 0.3) is 160 Å². The van der Waals surface area contributed by atoms with Gasteiger partial charge in [0.1, 0.15) is 39.0 Å². The molecule has 0 spiro atoms. The first-order valence-electron chi connectivity index (χ1n) is 27.6. The largest absolute Gasteiger partial charge is 0.456 e. The van der Waals surface area contributed by atoms with Crippen LogP contribution in [0.5, 0.6) is 0 Å². The Hall–Kier alpha value is -10.3. The van der Waals surface area contributed by atoms with E-state index in [0.29, 0.717) is 5.15 Å². The highest BCUT2D eigenvalue weighted by atomic mass is 127. The van der Waals surface area contributed by atoms with Gasteiger partial charge in [-0.05, 0) is 150 Å². The molecule has 0 aliphatic carbocycles. The van der Waals surface area contributed by atoms with Crippen molar-refractivity contribution >= 4 is 171 Å². The number of furan rings is 2. The number of hydrogen-bond donors (Lipinski definition) is 1. The van der Waals surface area contributed by atoms with Crippen molar-refractivity contribution in [2.75, 3.05) is 0 Å². The normalized spacial score (nSPS) is 11.9. The molecule has 10 aromatic carbocycles. The van der Waals surface area contributed by atoms with E-state index in [2.05, 4.69) is 216 Å². The lowest BCUT2D eigenvalue weighted by Gasteiger charge is -2.11. The summed E-state index contributed by atoms with van der Waals surface area (Å²) in [7, 11) is 0. The number of H-pyrrole nitrogens is 1.